The summed E-state index contributed by atoms with van der Waals surface area (Å²) in [6.45, 7) is 6.22. The van der Waals surface area contributed by atoms with Crippen molar-refractivity contribution in [3.05, 3.63) is 35.3 Å². The van der Waals surface area contributed by atoms with Gasteiger partial charge in [-0.2, -0.15) is 0 Å². The average Bonchev–Trinajstić information content (AvgIpc) is 2.89. The van der Waals surface area contributed by atoms with Crippen LogP contribution >= 0.6 is 11.3 Å². The van der Waals surface area contributed by atoms with E-state index in [-0.39, 0.29) is 12.1 Å². The van der Waals surface area contributed by atoms with E-state index in [0.717, 1.165) is 16.3 Å². The molecule has 0 amide bonds. The number of esters is 1. The minimum atomic E-state index is -0.381. The van der Waals surface area contributed by atoms with E-state index in [0.29, 0.717) is 12.3 Å². The summed E-state index contributed by atoms with van der Waals surface area (Å²) >= 11 is 1.42. The third kappa shape index (κ3) is 3.57. The Hall–Kier alpha value is -1.88. The van der Waals surface area contributed by atoms with Crippen LogP contribution in [0.5, 0.6) is 5.75 Å². The predicted molar refractivity (Wildman–Crippen MR) is 79.3 cm³/mol. The fourth-order valence-electron chi connectivity index (χ4n) is 1.63. The van der Waals surface area contributed by atoms with Gasteiger partial charge in [0.2, 0.25) is 0 Å². The van der Waals surface area contributed by atoms with Crippen LogP contribution in [0.2, 0.25) is 0 Å². The highest BCUT2D eigenvalue weighted by atomic mass is 32.1. The highest BCUT2D eigenvalue weighted by molar-refractivity contribution is 7.13. The first-order valence-electron chi connectivity index (χ1n) is 6.50. The van der Waals surface area contributed by atoms with Crippen LogP contribution in [-0.4, -0.2) is 23.7 Å². The zero-order valence-corrected chi connectivity index (χ0v) is 12.6. The number of rotatable bonds is 5. The molecule has 0 aliphatic carbocycles. The summed E-state index contributed by atoms with van der Waals surface area (Å²) in [5, 5.41) is 2.51. The maximum atomic E-state index is 11.7. The molecule has 0 aliphatic heterocycles. The topological polar surface area (TPSA) is 48.4 Å². The first-order chi connectivity index (χ1) is 9.60. The van der Waals surface area contributed by atoms with Crippen LogP contribution in [0, 0.1) is 0 Å². The van der Waals surface area contributed by atoms with Crippen molar-refractivity contribution in [3.8, 4) is 16.3 Å². The maximum absolute atomic E-state index is 11.7. The van der Waals surface area contributed by atoms with E-state index < -0.39 is 0 Å². The molecule has 0 bridgehead atoms. The molecule has 0 spiro atoms. The van der Waals surface area contributed by atoms with Gasteiger partial charge < -0.3 is 9.47 Å². The van der Waals surface area contributed by atoms with Crippen LogP contribution in [0.1, 0.15) is 31.3 Å². The Morgan fingerprint density at radius 2 is 2.00 bits per heavy atom. The quantitative estimate of drug-likeness (QED) is 0.787. The molecule has 0 atom stereocenters. The molecule has 20 heavy (non-hydrogen) atoms. The monoisotopic (exact) mass is 291 g/mol. The van der Waals surface area contributed by atoms with E-state index in [1.165, 1.54) is 11.3 Å². The molecule has 106 valence electrons. The average molecular weight is 291 g/mol. The number of carbonyl (C=O) groups excluding carboxylic acids is 1. The Bertz CT molecular complexity index is 575. The summed E-state index contributed by atoms with van der Waals surface area (Å²) in [5.41, 5.74) is 1.31. The highest BCUT2D eigenvalue weighted by Crippen LogP contribution is 2.26. The van der Waals surface area contributed by atoms with Crippen LogP contribution in [-0.2, 0) is 4.74 Å². The van der Waals surface area contributed by atoms with Crippen molar-refractivity contribution in [1.82, 2.24) is 4.98 Å². The zero-order chi connectivity index (χ0) is 14.5. The molecular weight excluding hydrogens is 274 g/mol. The molecule has 0 aliphatic rings. The van der Waals surface area contributed by atoms with E-state index in [1.807, 2.05) is 45.0 Å². The number of nitrogens with zero attached hydrogens (tertiary/aromatic N) is 1. The summed E-state index contributed by atoms with van der Waals surface area (Å²) in [4.78, 5) is 16.1. The first-order valence-corrected chi connectivity index (χ1v) is 7.38. The number of aromatic nitrogens is 1. The number of thiazole rings is 1. The van der Waals surface area contributed by atoms with E-state index in [1.54, 1.807) is 5.38 Å². The van der Waals surface area contributed by atoms with Gasteiger partial charge in [-0.05, 0) is 45.0 Å². The molecule has 4 nitrogen and oxygen atoms in total. The lowest BCUT2D eigenvalue weighted by molar-refractivity contribution is 0.0372. The molecule has 2 aromatic rings. The van der Waals surface area contributed by atoms with Crippen molar-refractivity contribution in [2.75, 3.05) is 6.61 Å². The molecule has 0 N–H and O–H groups in total. The van der Waals surface area contributed by atoms with Gasteiger partial charge in [-0.1, -0.05) is 0 Å². The number of carbonyl (C=O) groups is 1. The molecule has 0 radical (unpaired) electrons. The van der Waals surface area contributed by atoms with E-state index in [4.69, 9.17) is 9.47 Å². The van der Waals surface area contributed by atoms with Gasteiger partial charge in [0.15, 0.2) is 5.69 Å². The third-order valence-electron chi connectivity index (χ3n) is 2.47. The Morgan fingerprint density at radius 1 is 1.30 bits per heavy atom. The fraction of sp³-hybridized carbons (Fsp3) is 0.333. The fourth-order valence-corrected chi connectivity index (χ4v) is 2.43. The molecule has 0 unspecified atom stereocenters. The molecule has 0 saturated heterocycles. The second-order valence-corrected chi connectivity index (χ2v) is 5.31. The van der Waals surface area contributed by atoms with E-state index in [9.17, 15) is 4.79 Å². The Balaban J connectivity index is 2.13. The molecule has 0 fully saturated rings. The standard InChI is InChI=1S/C15H17NO3S/c1-4-18-12-7-5-11(6-8-12)14-16-13(9-20-14)15(17)19-10(2)3/h5-10H,4H2,1-3H3. The zero-order valence-electron chi connectivity index (χ0n) is 11.8. The van der Waals surface area contributed by atoms with Gasteiger partial charge >= 0.3 is 5.97 Å². The van der Waals surface area contributed by atoms with Gasteiger partial charge in [-0.3, -0.25) is 0 Å². The van der Waals surface area contributed by atoms with Crippen molar-refractivity contribution in [1.29, 1.82) is 0 Å². The minimum Gasteiger partial charge on any atom is -0.494 e. The third-order valence-corrected chi connectivity index (χ3v) is 3.36. The lowest BCUT2D eigenvalue weighted by Crippen LogP contribution is -2.11. The van der Waals surface area contributed by atoms with Gasteiger partial charge in [0.1, 0.15) is 10.8 Å². The number of ether oxygens (including phenoxy) is 2. The lowest BCUT2D eigenvalue weighted by Gasteiger charge is -2.05. The molecule has 1 aromatic heterocycles. The Morgan fingerprint density at radius 3 is 2.60 bits per heavy atom. The number of hydrogen-bond donors (Lipinski definition) is 0. The van der Waals surface area contributed by atoms with Crippen LogP contribution in [0.25, 0.3) is 10.6 Å². The number of benzene rings is 1. The Labute approximate surface area is 122 Å². The van der Waals surface area contributed by atoms with Crippen LogP contribution in [0.4, 0.5) is 0 Å². The predicted octanol–water partition coefficient (Wildman–Crippen LogP) is 3.77. The first kappa shape index (κ1) is 14.5. The van der Waals surface area contributed by atoms with Crippen molar-refractivity contribution in [2.24, 2.45) is 0 Å². The van der Waals surface area contributed by atoms with Crippen molar-refractivity contribution < 1.29 is 14.3 Å². The van der Waals surface area contributed by atoms with Crippen LogP contribution in [0.3, 0.4) is 0 Å². The smallest absolute Gasteiger partial charge is 0.358 e. The summed E-state index contributed by atoms with van der Waals surface area (Å²) in [5.74, 6) is 0.445. The molecule has 2 rings (SSSR count). The number of hydrogen-bond acceptors (Lipinski definition) is 5. The second kappa shape index (κ2) is 6.52. The lowest BCUT2D eigenvalue weighted by atomic mass is 10.2. The van der Waals surface area contributed by atoms with Crippen molar-refractivity contribution >= 4 is 17.3 Å². The minimum absolute atomic E-state index is 0.141. The SMILES string of the molecule is CCOc1ccc(-c2nc(C(=O)OC(C)C)cs2)cc1. The highest BCUT2D eigenvalue weighted by Gasteiger charge is 2.14. The molecular formula is C15H17NO3S. The van der Waals surface area contributed by atoms with Crippen LogP contribution < -0.4 is 4.74 Å². The largest absolute Gasteiger partial charge is 0.494 e. The summed E-state index contributed by atoms with van der Waals surface area (Å²) in [7, 11) is 0. The maximum Gasteiger partial charge on any atom is 0.358 e. The van der Waals surface area contributed by atoms with E-state index in [2.05, 4.69) is 4.98 Å². The Kier molecular flexibility index (Phi) is 4.74. The van der Waals surface area contributed by atoms with E-state index >= 15 is 0 Å². The summed E-state index contributed by atoms with van der Waals surface area (Å²) in [6, 6.07) is 7.65. The van der Waals surface area contributed by atoms with Crippen molar-refractivity contribution in [3.63, 3.8) is 0 Å². The van der Waals surface area contributed by atoms with Gasteiger partial charge in [-0.15, -0.1) is 11.3 Å². The van der Waals surface area contributed by atoms with Gasteiger partial charge in [0, 0.05) is 10.9 Å². The molecule has 1 heterocycles. The molecule has 1 aromatic carbocycles. The second-order valence-electron chi connectivity index (χ2n) is 4.45. The van der Waals surface area contributed by atoms with Crippen molar-refractivity contribution in [2.45, 2.75) is 26.9 Å². The van der Waals surface area contributed by atoms with Gasteiger partial charge in [0.05, 0.1) is 12.7 Å². The summed E-state index contributed by atoms with van der Waals surface area (Å²) < 4.78 is 10.5. The molecule has 5 heteroatoms. The van der Waals surface area contributed by atoms with Crippen LogP contribution in [0.15, 0.2) is 29.6 Å². The normalized spacial score (nSPS) is 10.6. The molecule has 0 saturated carbocycles. The van der Waals surface area contributed by atoms with Gasteiger partial charge in [-0.25, -0.2) is 9.78 Å². The summed E-state index contributed by atoms with van der Waals surface area (Å²) in [6.07, 6.45) is -0.141. The van der Waals surface area contributed by atoms with Gasteiger partial charge in [0.25, 0.3) is 0 Å².